The van der Waals surface area contributed by atoms with E-state index in [1.807, 2.05) is 13.0 Å². The second-order valence-corrected chi connectivity index (χ2v) is 3.75. The Morgan fingerprint density at radius 2 is 2.27 bits per heavy atom. The molecule has 0 saturated heterocycles. The zero-order valence-corrected chi connectivity index (χ0v) is 9.67. The predicted molar refractivity (Wildman–Crippen MR) is 64.1 cm³/mol. The Hall–Kier alpha value is -1.29. The van der Waals surface area contributed by atoms with Crippen LogP contribution >= 0.6 is 11.6 Å². The molecule has 0 aliphatic carbocycles. The molecule has 15 heavy (non-hydrogen) atoms. The van der Waals surface area contributed by atoms with Crippen LogP contribution in [0.4, 0.5) is 11.5 Å². The fourth-order valence-corrected chi connectivity index (χ4v) is 1.41. The molecule has 82 valence electrons. The molecule has 3 N–H and O–H groups in total. The largest absolute Gasteiger partial charge is 0.394 e. The number of nitrogens with two attached hydrogens (primary N) is 1. The second-order valence-electron chi connectivity index (χ2n) is 3.41. The lowest BCUT2D eigenvalue weighted by Crippen LogP contribution is -2.17. The van der Waals surface area contributed by atoms with Gasteiger partial charge in [0.15, 0.2) is 5.82 Å². The van der Waals surface area contributed by atoms with E-state index in [0.717, 1.165) is 6.42 Å². The summed E-state index contributed by atoms with van der Waals surface area (Å²) >= 11 is 5.74. The quantitative estimate of drug-likeness (QED) is 0.611. The van der Waals surface area contributed by atoms with Gasteiger partial charge in [0.2, 0.25) is 5.28 Å². The minimum absolute atomic E-state index is 0.204. The van der Waals surface area contributed by atoms with Crippen LogP contribution in [0.3, 0.4) is 0 Å². The Morgan fingerprint density at radius 1 is 1.60 bits per heavy atom. The van der Waals surface area contributed by atoms with Gasteiger partial charge < -0.3 is 11.1 Å². The van der Waals surface area contributed by atoms with E-state index in [1.54, 1.807) is 6.92 Å². The van der Waals surface area contributed by atoms with E-state index in [-0.39, 0.29) is 11.3 Å². The molecule has 0 bridgehead atoms. The van der Waals surface area contributed by atoms with Crippen molar-refractivity contribution in [1.82, 2.24) is 9.97 Å². The Morgan fingerprint density at radius 3 is 2.87 bits per heavy atom. The highest BCUT2D eigenvalue weighted by molar-refractivity contribution is 6.28. The van der Waals surface area contributed by atoms with Crippen molar-refractivity contribution in [2.24, 2.45) is 0 Å². The highest BCUT2D eigenvalue weighted by Crippen LogP contribution is 2.21. The molecule has 0 amide bonds. The fourth-order valence-electron chi connectivity index (χ4n) is 1.20. The lowest BCUT2D eigenvalue weighted by Gasteiger charge is -2.14. The monoisotopic (exact) mass is 226 g/mol. The maximum atomic E-state index is 5.82. The number of halogens is 1. The molecule has 5 heteroatoms. The second kappa shape index (κ2) is 4.98. The van der Waals surface area contributed by atoms with Gasteiger partial charge in [-0.05, 0) is 31.9 Å². The van der Waals surface area contributed by atoms with Crippen LogP contribution in [0.25, 0.3) is 0 Å². The van der Waals surface area contributed by atoms with Crippen LogP contribution in [0.5, 0.6) is 0 Å². The molecule has 0 spiro atoms. The molecule has 0 aliphatic heterocycles. The highest BCUT2D eigenvalue weighted by Gasteiger charge is 2.09. The highest BCUT2D eigenvalue weighted by atomic mass is 35.5. The van der Waals surface area contributed by atoms with Crippen molar-refractivity contribution < 1.29 is 0 Å². The summed E-state index contributed by atoms with van der Waals surface area (Å²) in [5, 5.41) is 3.36. The molecular formula is C10H15ClN4. The number of nitrogens with zero attached hydrogens (tertiary/aromatic N) is 2. The van der Waals surface area contributed by atoms with Crippen molar-refractivity contribution in [3.05, 3.63) is 23.6 Å². The third kappa shape index (κ3) is 3.09. The number of aromatic nitrogens is 2. The minimum atomic E-state index is 0.204. The lowest BCUT2D eigenvalue weighted by atomic mass is 10.2. The summed E-state index contributed by atoms with van der Waals surface area (Å²) in [7, 11) is 0. The first-order chi connectivity index (χ1) is 7.04. The van der Waals surface area contributed by atoms with Gasteiger partial charge in [-0.1, -0.05) is 6.08 Å². The molecule has 1 unspecified atom stereocenters. The van der Waals surface area contributed by atoms with Crippen molar-refractivity contribution in [1.29, 1.82) is 0 Å². The average molecular weight is 227 g/mol. The molecule has 1 atom stereocenters. The fraction of sp³-hybridized carbons (Fsp3) is 0.400. The molecule has 1 rings (SSSR count). The summed E-state index contributed by atoms with van der Waals surface area (Å²) in [6, 6.07) is 0.218. The van der Waals surface area contributed by atoms with Crippen molar-refractivity contribution in [3.8, 4) is 0 Å². The topological polar surface area (TPSA) is 63.8 Å². The van der Waals surface area contributed by atoms with Gasteiger partial charge in [-0.15, -0.1) is 6.58 Å². The first-order valence-corrected chi connectivity index (χ1v) is 5.09. The molecule has 1 aromatic rings. The minimum Gasteiger partial charge on any atom is -0.394 e. The van der Waals surface area contributed by atoms with E-state index in [2.05, 4.69) is 21.9 Å². The van der Waals surface area contributed by atoms with E-state index in [4.69, 9.17) is 17.3 Å². The van der Waals surface area contributed by atoms with Crippen molar-refractivity contribution in [2.75, 3.05) is 11.1 Å². The van der Waals surface area contributed by atoms with Crippen LogP contribution in [0.1, 0.15) is 19.0 Å². The summed E-state index contributed by atoms with van der Waals surface area (Å²) in [5.74, 6) is 0.585. The van der Waals surface area contributed by atoms with Gasteiger partial charge in [0.25, 0.3) is 0 Å². The molecular weight excluding hydrogens is 212 g/mol. The molecule has 1 heterocycles. The van der Waals surface area contributed by atoms with Crippen LogP contribution in [-0.2, 0) is 0 Å². The van der Waals surface area contributed by atoms with Crippen molar-refractivity contribution in [3.63, 3.8) is 0 Å². The first-order valence-electron chi connectivity index (χ1n) is 4.71. The van der Waals surface area contributed by atoms with Crippen LogP contribution in [0.2, 0.25) is 5.28 Å². The van der Waals surface area contributed by atoms with Gasteiger partial charge in [0, 0.05) is 6.04 Å². The summed E-state index contributed by atoms with van der Waals surface area (Å²) in [4.78, 5) is 8.00. The van der Waals surface area contributed by atoms with Gasteiger partial charge >= 0.3 is 0 Å². The summed E-state index contributed by atoms with van der Waals surface area (Å²) in [6.45, 7) is 7.49. The maximum absolute atomic E-state index is 5.82. The molecule has 0 aromatic carbocycles. The van der Waals surface area contributed by atoms with Gasteiger partial charge in [0.1, 0.15) is 0 Å². The summed E-state index contributed by atoms with van der Waals surface area (Å²) in [5.41, 5.74) is 7.04. The first kappa shape index (κ1) is 11.8. The van der Waals surface area contributed by atoms with E-state index < -0.39 is 0 Å². The Balaban J connectivity index is 2.89. The number of hydrogen-bond donors (Lipinski definition) is 2. The average Bonchev–Trinajstić information content (AvgIpc) is 2.13. The summed E-state index contributed by atoms with van der Waals surface area (Å²) < 4.78 is 0. The number of nitrogens with one attached hydrogen (secondary N) is 1. The molecule has 0 aliphatic rings. The normalized spacial score (nSPS) is 12.2. The van der Waals surface area contributed by atoms with E-state index >= 15 is 0 Å². The molecule has 0 radical (unpaired) electrons. The number of anilines is 2. The Labute approximate surface area is 94.6 Å². The van der Waals surface area contributed by atoms with E-state index in [9.17, 15) is 0 Å². The number of hydrogen-bond acceptors (Lipinski definition) is 4. The van der Waals surface area contributed by atoms with Crippen LogP contribution in [-0.4, -0.2) is 16.0 Å². The van der Waals surface area contributed by atoms with Crippen LogP contribution in [0.15, 0.2) is 12.7 Å². The van der Waals surface area contributed by atoms with E-state index in [1.165, 1.54) is 0 Å². The SMILES string of the molecule is C=CCC(C)Nc1nc(Cl)nc(C)c1N. The zero-order valence-electron chi connectivity index (χ0n) is 8.92. The van der Waals surface area contributed by atoms with Crippen molar-refractivity contribution >= 4 is 23.1 Å². The van der Waals surface area contributed by atoms with Crippen LogP contribution < -0.4 is 11.1 Å². The predicted octanol–water partition coefficient (Wildman–Crippen LogP) is 2.40. The smallest absolute Gasteiger partial charge is 0.224 e. The third-order valence-electron chi connectivity index (χ3n) is 2.01. The molecule has 0 saturated carbocycles. The lowest BCUT2D eigenvalue weighted by molar-refractivity contribution is 0.806. The van der Waals surface area contributed by atoms with Crippen molar-refractivity contribution in [2.45, 2.75) is 26.3 Å². The Bertz CT molecular complexity index is 365. The molecule has 4 nitrogen and oxygen atoms in total. The van der Waals surface area contributed by atoms with Gasteiger partial charge in [0.05, 0.1) is 11.4 Å². The molecule has 0 fully saturated rings. The third-order valence-corrected chi connectivity index (χ3v) is 2.18. The van der Waals surface area contributed by atoms with Crippen LogP contribution in [0, 0.1) is 6.92 Å². The van der Waals surface area contributed by atoms with Gasteiger partial charge in [-0.25, -0.2) is 4.98 Å². The number of rotatable bonds is 4. The number of aryl methyl sites for hydroxylation is 1. The van der Waals surface area contributed by atoms with Gasteiger partial charge in [-0.2, -0.15) is 4.98 Å². The zero-order chi connectivity index (χ0) is 11.4. The standard InChI is InChI=1S/C10H15ClN4/c1-4-5-6(2)13-9-8(12)7(3)14-10(11)15-9/h4,6H,1,5,12H2,2-3H3,(H,13,14,15). The maximum Gasteiger partial charge on any atom is 0.224 e. The number of nitrogen functional groups attached to an aromatic ring is 1. The summed E-state index contributed by atoms with van der Waals surface area (Å²) in [6.07, 6.45) is 2.67. The van der Waals surface area contributed by atoms with E-state index in [0.29, 0.717) is 17.2 Å². The Kier molecular flexibility index (Phi) is 3.91. The molecule has 1 aromatic heterocycles. The van der Waals surface area contributed by atoms with Gasteiger partial charge in [-0.3, -0.25) is 0 Å².